The van der Waals surface area contributed by atoms with Crippen LogP contribution in [0.1, 0.15) is 48.7 Å². The first-order valence-corrected chi connectivity index (χ1v) is 7.93. The molecule has 0 unspecified atom stereocenters. The molecule has 2 aromatic rings. The molecule has 2 aromatic heterocycles. The van der Waals surface area contributed by atoms with Gasteiger partial charge in [0.25, 0.3) is 0 Å². The van der Waals surface area contributed by atoms with E-state index in [0.29, 0.717) is 17.1 Å². The lowest BCUT2D eigenvalue weighted by atomic mass is 10.2. The van der Waals surface area contributed by atoms with Crippen LogP contribution in [0.4, 0.5) is 5.82 Å². The Morgan fingerprint density at radius 1 is 1.29 bits per heavy atom. The Morgan fingerprint density at radius 2 is 2.10 bits per heavy atom. The van der Waals surface area contributed by atoms with Gasteiger partial charge in [-0.1, -0.05) is 11.6 Å². The van der Waals surface area contributed by atoms with Crippen molar-refractivity contribution in [3.63, 3.8) is 0 Å². The number of anilines is 1. The Labute approximate surface area is 129 Å². The Kier molecular flexibility index (Phi) is 3.14. The first-order valence-electron chi connectivity index (χ1n) is 7.55. The Balaban J connectivity index is 1.71. The van der Waals surface area contributed by atoms with Gasteiger partial charge in [0, 0.05) is 17.5 Å². The van der Waals surface area contributed by atoms with Crippen LogP contribution in [0.3, 0.4) is 0 Å². The highest BCUT2D eigenvalue weighted by atomic mass is 35.5. The zero-order chi connectivity index (χ0) is 14.4. The zero-order valence-corrected chi connectivity index (χ0v) is 12.8. The van der Waals surface area contributed by atoms with E-state index in [2.05, 4.69) is 9.88 Å². The molecular formula is C16H18ClN3O. The predicted octanol–water partition coefficient (Wildman–Crippen LogP) is 4.08. The van der Waals surface area contributed by atoms with Gasteiger partial charge >= 0.3 is 0 Å². The molecule has 2 saturated carbocycles. The van der Waals surface area contributed by atoms with Crippen LogP contribution in [-0.2, 0) is 6.54 Å². The Morgan fingerprint density at radius 3 is 2.71 bits per heavy atom. The first-order chi connectivity index (χ1) is 10.2. The van der Waals surface area contributed by atoms with E-state index in [1.807, 2.05) is 19.1 Å². The summed E-state index contributed by atoms with van der Waals surface area (Å²) in [4.78, 5) is 11.6. The molecular weight excluding hydrogens is 286 g/mol. The largest absolute Gasteiger partial charge is 0.467 e. The van der Waals surface area contributed by atoms with Crippen molar-refractivity contribution in [1.29, 1.82) is 0 Å². The minimum Gasteiger partial charge on any atom is -0.467 e. The molecule has 0 N–H and O–H groups in total. The third kappa shape index (κ3) is 2.64. The van der Waals surface area contributed by atoms with Gasteiger partial charge in [0.1, 0.15) is 22.6 Å². The van der Waals surface area contributed by atoms with E-state index in [1.54, 1.807) is 6.26 Å². The van der Waals surface area contributed by atoms with Crippen molar-refractivity contribution in [2.24, 2.45) is 0 Å². The molecule has 0 saturated heterocycles. The summed E-state index contributed by atoms with van der Waals surface area (Å²) in [6.07, 6.45) is 6.50. The van der Waals surface area contributed by atoms with Crippen molar-refractivity contribution in [2.75, 3.05) is 4.90 Å². The second kappa shape index (κ2) is 5.02. The molecule has 5 heteroatoms. The van der Waals surface area contributed by atoms with Crippen LogP contribution in [0.2, 0.25) is 5.15 Å². The molecule has 2 fully saturated rings. The standard InChI is InChI=1S/C16H18ClN3O/c1-10-14(17)18-15(11-4-5-11)19-16(10)20(12-6-7-12)9-13-3-2-8-21-13/h2-3,8,11-12H,4-7,9H2,1H3. The minimum atomic E-state index is 0.506. The summed E-state index contributed by atoms with van der Waals surface area (Å²) in [5.41, 5.74) is 0.972. The summed E-state index contributed by atoms with van der Waals surface area (Å²) in [5.74, 6) is 3.36. The van der Waals surface area contributed by atoms with Crippen LogP contribution >= 0.6 is 11.6 Å². The van der Waals surface area contributed by atoms with E-state index in [-0.39, 0.29) is 0 Å². The summed E-state index contributed by atoms with van der Waals surface area (Å²) in [6, 6.07) is 4.48. The molecule has 4 rings (SSSR count). The van der Waals surface area contributed by atoms with E-state index >= 15 is 0 Å². The highest BCUT2D eigenvalue weighted by Gasteiger charge is 2.34. The van der Waals surface area contributed by atoms with Gasteiger partial charge in [-0.2, -0.15) is 0 Å². The van der Waals surface area contributed by atoms with Gasteiger partial charge in [0.2, 0.25) is 0 Å². The van der Waals surface area contributed by atoms with Crippen LogP contribution in [-0.4, -0.2) is 16.0 Å². The fraction of sp³-hybridized carbons (Fsp3) is 0.500. The quantitative estimate of drug-likeness (QED) is 0.781. The van der Waals surface area contributed by atoms with Crippen LogP contribution in [0.15, 0.2) is 22.8 Å². The van der Waals surface area contributed by atoms with Crippen molar-refractivity contribution in [2.45, 2.75) is 51.1 Å². The number of furan rings is 1. The number of aromatic nitrogens is 2. The van der Waals surface area contributed by atoms with E-state index < -0.39 is 0 Å². The molecule has 0 spiro atoms. The first kappa shape index (κ1) is 13.1. The average Bonchev–Trinajstić information content (AvgIpc) is 3.39. The van der Waals surface area contributed by atoms with Crippen molar-refractivity contribution < 1.29 is 4.42 Å². The van der Waals surface area contributed by atoms with Crippen LogP contribution in [0.5, 0.6) is 0 Å². The van der Waals surface area contributed by atoms with Gasteiger partial charge < -0.3 is 9.32 Å². The molecule has 0 aromatic carbocycles. The maximum Gasteiger partial charge on any atom is 0.137 e. The smallest absolute Gasteiger partial charge is 0.137 e. The molecule has 110 valence electrons. The second-order valence-corrected chi connectivity index (χ2v) is 6.39. The number of rotatable bonds is 5. The van der Waals surface area contributed by atoms with Gasteiger partial charge in [0.15, 0.2) is 0 Å². The number of hydrogen-bond acceptors (Lipinski definition) is 4. The van der Waals surface area contributed by atoms with Crippen molar-refractivity contribution in [1.82, 2.24) is 9.97 Å². The molecule has 0 atom stereocenters. The summed E-state index contributed by atoms with van der Waals surface area (Å²) in [5, 5.41) is 0.590. The van der Waals surface area contributed by atoms with Crippen molar-refractivity contribution in [3.05, 3.63) is 40.7 Å². The summed E-state index contributed by atoms with van der Waals surface area (Å²) < 4.78 is 5.51. The van der Waals surface area contributed by atoms with E-state index in [4.69, 9.17) is 21.0 Å². The third-order valence-electron chi connectivity index (χ3n) is 4.19. The third-order valence-corrected chi connectivity index (χ3v) is 4.55. The van der Waals surface area contributed by atoms with E-state index in [1.165, 1.54) is 25.7 Å². The molecule has 2 aliphatic rings. The topological polar surface area (TPSA) is 42.2 Å². The van der Waals surface area contributed by atoms with Crippen molar-refractivity contribution in [3.8, 4) is 0 Å². The maximum atomic E-state index is 6.34. The average molecular weight is 304 g/mol. The highest BCUT2D eigenvalue weighted by Crippen LogP contribution is 2.41. The van der Waals surface area contributed by atoms with Crippen LogP contribution in [0, 0.1) is 6.92 Å². The van der Waals surface area contributed by atoms with Crippen LogP contribution in [0.25, 0.3) is 0 Å². The molecule has 0 radical (unpaired) electrons. The number of nitrogens with zero attached hydrogens (tertiary/aromatic N) is 3. The van der Waals surface area contributed by atoms with E-state index in [0.717, 1.165) is 29.5 Å². The van der Waals surface area contributed by atoms with Gasteiger partial charge in [0.05, 0.1) is 12.8 Å². The lowest BCUT2D eigenvalue weighted by Gasteiger charge is -2.25. The Hall–Kier alpha value is -1.55. The second-order valence-electron chi connectivity index (χ2n) is 6.03. The van der Waals surface area contributed by atoms with Gasteiger partial charge in [-0.25, -0.2) is 9.97 Å². The normalized spacial score (nSPS) is 18.0. The van der Waals surface area contributed by atoms with Crippen LogP contribution < -0.4 is 4.90 Å². The molecule has 21 heavy (non-hydrogen) atoms. The van der Waals surface area contributed by atoms with Gasteiger partial charge in [-0.3, -0.25) is 0 Å². The zero-order valence-electron chi connectivity index (χ0n) is 12.1. The molecule has 2 aliphatic carbocycles. The maximum absolute atomic E-state index is 6.34. The lowest BCUT2D eigenvalue weighted by Crippen LogP contribution is -2.27. The number of hydrogen-bond donors (Lipinski definition) is 0. The molecule has 2 heterocycles. The molecule has 0 amide bonds. The minimum absolute atomic E-state index is 0.506. The molecule has 4 nitrogen and oxygen atoms in total. The fourth-order valence-electron chi connectivity index (χ4n) is 2.63. The fourth-order valence-corrected chi connectivity index (χ4v) is 2.80. The Bertz CT molecular complexity index is 648. The SMILES string of the molecule is Cc1c(Cl)nc(C2CC2)nc1N(Cc1ccco1)C1CC1. The predicted molar refractivity (Wildman–Crippen MR) is 81.7 cm³/mol. The molecule has 0 aliphatic heterocycles. The van der Waals surface area contributed by atoms with Gasteiger partial charge in [-0.15, -0.1) is 0 Å². The summed E-state index contributed by atoms with van der Waals surface area (Å²) in [6.45, 7) is 2.75. The van der Waals surface area contributed by atoms with E-state index in [9.17, 15) is 0 Å². The summed E-state index contributed by atoms with van der Waals surface area (Å²) in [7, 11) is 0. The monoisotopic (exact) mass is 303 g/mol. The lowest BCUT2D eigenvalue weighted by molar-refractivity contribution is 0.499. The van der Waals surface area contributed by atoms with Crippen molar-refractivity contribution >= 4 is 17.4 Å². The highest BCUT2D eigenvalue weighted by molar-refractivity contribution is 6.30. The number of halogens is 1. The summed E-state index contributed by atoms with van der Waals surface area (Å²) >= 11 is 6.34. The molecule has 0 bridgehead atoms. The van der Waals surface area contributed by atoms with Gasteiger partial charge in [-0.05, 0) is 44.7 Å².